The Morgan fingerprint density at radius 2 is 1.57 bits per heavy atom. The van der Waals surface area contributed by atoms with Gasteiger partial charge in [-0.15, -0.1) is 0 Å². The minimum atomic E-state index is -2.58. The van der Waals surface area contributed by atoms with Crippen molar-refractivity contribution in [3.63, 3.8) is 0 Å². The molecule has 3 atom stereocenters. The van der Waals surface area contributed by atoms with Gasteiger partial charge in [-0.25, -0.2) is 0 Å². The van der Waals surface area contributed by atoms with Crippen molar-refractivity contribution in [2.24, 2.45) is 17.6 Å². The van der Waals surface area contributed by atoms with Crippen molar-refractivity contribution < 1.29 is 34.8 Å². The molecule has 3 aromatic carbocycles. The molecule has 9 heteroatoms. The van der Waals surface area contributed by atoms with Gasteiger partial charge < -0.3 is 31.5 Å². The summed E-state index contributed by atoms with van der Waals surface area (Å²) in [5.74, 6) is -6.40. The lowest BCUT2D eigenvalue weighted by Gasteiger charge is -2.45. The second-order valence-corrected chi connectivity index (χ2v) is 11.2. The van der Waals surface area contributed by atoms with Crippen LogP contribution in [0.2, 0.25) is 0 Å². The molecule has 214 valence electrons. The Bertz CT molecular complexity index is 1690. The molecule has 0 heterocycles. The molecular weight excluding hydrogens is 536 g/mol. The Labute approximate surface area is 241 Å². The van der Waals surface area contributed by atoms with Crippen LogP contribution in [0.1, 0.15) is 39.9 Å². The predicted octanol–water partition coefficient (Wildman–Crippen LogP) is 3.54. The first-order chi connectivity index (χ1) is 20.1. The highest BCUT2D eigenvalue weighted by atomic mass is 16.3. The Kier molecular flexibility index (Phi) is 6.71. The first kappa shape index (κ1) is 27.4. The summed E-state index contributed by atoms with van der Waals surface area (Å²) in [6, 6.07) is 21.1. The number of phenolic OH excluding ortho intramolecular Hbond substituents is 1. The van der Waals surface area contributed by atoms with Gasteiger partial charge in [-0.3, -0.25) is 14.4 Å². The molecule has 0 aliphatic heterocycles. The van der Waals surface area contributed by atoms with Crippen LogP contribution in [0.15, 0.2) is 89.4 Å². The molecule has 0 aromatic heterocycles. The number of carbonyl (C=O) groups excluding carboxylic acids is 3. The maximum atomic E-state index is 13.8. The molecule has 42 heavy (non-hydrogen) atoms. The second-order valence-electron chi connectivity index (χ2n) is 11.2. The molecule has 0 fully saturated rings. The first-order valence-electron chi connectivity index (χ1n) is 13.8. The fourth-order valence-corrected chi connectivity index (χ4v) is 6.64. The molecule has 3 aliphatic rings. The lowest BCUT2D eigenvalue weighted by atomic mass is 9.60. The number of rotatable bonds is 6. The summed E-state index contributed by atoms with van der Waals surface area (Å²) in [7, 11) is 0. The summed E-state index contributed by atoms with van der Waals surface area (Å²) in [5.41, 5.74) is 6.17. The van der Waals surface area contributed by atoms with Crippen molar-refractivity contribution in [3.8, 4) is 16.9 Å². The second kappa shape index (κ2) is 10.3. The van der Waals surface area contributed by atoms with Crippen molar-refractivity contribution >= 4 is 17.5 Å². The van der Waals surface area contributed by atoms with E-state index < -0.39 is 52.0 Å². The normalized spacial score (nSPS) is 23.4. The molecule has 3 aliphatic carbocycles. The van der Waals surface area contributed by atoms with Crippen LogP contribution in [0.5, 0.6) is 5.75 Å². The molecule has 0 saturated carbocycles. The molecule has 7 N–H and O–H groups in total. The van der Waals surface area contributed by atoms with E-state index in [4.69, 9.17) is 5.73 Å². The van der Waals surface area contributed by atoms with Crippen LogP contribution in [-0.4, -0.2) is 43.5 Å². The number of fused-ring (bicyclic) bond motifs is 3. The Balaban J connectivity index is 1.32. The van der Waals surface area contributed by atoms with E-state index in [1.165, 1.54) is 11.6 Å². The highest BCUT2D eigenvalue weighted by molar-refractivity contribution is 6.24. The maximum Gasteiger partial charge on any atom is 0.255 e. The van der Waals surface area contributed by atoms with Crippen molar-refractivity contribution in [2.75, 3.05) is 0 Å². The van der Waals surface area contributed by atoms with Gasteiger partial charge in [0.25, 0.3) is 5.91 Å². The van der Waals surface area contributed by atoms with Gasteiger partial charge in [0.05, 0.1) is 5.56 Å². The third kappa shape index (κ3) is 4.29. The average Bonchev–Trinajstić information content (AvgIpc) is 2.96. The van der Waals surface area contributed by atoms with E-state index in [1.54, 1.807) is 6.07 Å². The van der Waals surface area contributed by atoms with E-state index in [9.17, 15) is 34.8 Å². The van der Waals surface area contributed by atoms with Gasteiger partial charge in [-0.1, -0.05) is 60.7 Å². The standard InChI is InChI=1S/C33H30N2O7/c34-32(41)28-25(37)14-21-12-20-13-23-22(19-8-6-18(7-9-19)16-35-15-17-4-2-1-3-5-17)10-11-24(36)27(23)29(38)26(20)30(39)33(21,42)31(28)40/h1-11,20-21,35-37,39,42H,12-16H2,(H2,34,41)/t20-,21+,33+/m1/s1. The number of carbonyl (C=O) groups is 3. The quantitative estimate of drug-likeness (QED) is 0.246. The zero-order chi connectivity index (χ0) is 29.8. The number of amides is 1. The fraction of sp³-hybridized carbons (Fsp3) is 0.242. The molecule has 0 radical (unpaired) electrons. The number of phenols is 1. The number of primary amides is 1. The van der Waals surface area contributed by atoms with Crippen molar-refractivity contribution in [2.45, 2.75) is 38.0 Å². The minimum absolute atomic E-state index is 0.00210. The third-order valence-corrected chi connectivity index (χ3v) is 8.71. The number of nitrogens with one attached hydrogen (secondary N) is 1. The molecular formula is C33H30N2O7. The molecule has 0 saturated heterocycles. The summed E-state index contributed by atoms with van der Waals surface area (Å²) in [5, 5.41) is 47.1. The van der Waals surface area contributed by atoms with Crippen LogP contribution in [0.3, 0.4) is 0 Å². The van der Waals surface area contributed by atoms with E-state index in [0.717, 1.165) is 23.2 Å². The molecule has 1 amide bonds. The average molecular weight is 567 g/mol. The SMILES string of the molecule is NC(=O)C1=C(O)C[C@@H]2C[C@@H]3Cc4c(-c5ccc(CNCc6ccccc6)cc5)ccc(O)c4C(=O)C3=C(O)[C@]2(O)C1=O. The lowest BCUT2D eigenvalue weighted by molar-refractivity contribution is -0.144. The largest absolute Gasteiger partial charge is 0.511 e. The zero-order valence-electron chi connectivity index (χ0n) is 22.6. The van der Waals surface area contributed by atoms with Gasteiger partial charge in [0.2, 0.25) is 5.78 Å². The number of allylic oxidation sites excluding steroid dienone is 2. The van der Waals surface area contributed by atoms with E-state index in [0.29, 0.717) is 12.1 Å². The topological polar surface area (TPSA) is 170 Å². The van der Waals surface area contributed by atoms with Gasteiger partial charge in [0.1, 0.15) is 22.8 Å². The van der Waals surface area contributed by atoms with Crippen molar-refractivity contribution in [1.82, 2.24) is 5.32 Å². The van der Waals surface area contributed by atoms with Crippen LogP contribution in [-0.2, 0) is 29.1 Å². The number of nitrogens with two attached hydrogens (primary N) is 1. The molecule has 6 rings (SSSR count). The Hall–Kier alpha value is -4.73. The van der Waals surface area contributed by atoms with Gasteiger partial charge in [0.15, 0.2) is 11.4 Å². The Morgan fingerprint density at radius 3 is 2.24 bits per heavy atom. The van der Waals surface area contributed by atoms with Crippen molar-refractivity contribution in [3.05, 3.63) is 112 Å². The molecule has 3 aromatic rings. The Morgan fingerprint density at radius 1 is 0.905 bits per heavy atom. The highest BCUT2D eigenvalue weighted by Crippen LogP contribution is 2.52. The van der Waals surface area contributed by atoms with Gasteiger partial charge in [0, 0.05) is 31.0 Å². The van der Waals surface area contributed by atoms with Crippen molar-refractivity contribution in [1.29, 1.82) is 0 Å². The smallest absolute Gasteiger partial charge is 0.255 e. The number of aliphatic hydroxyl groups is 3. The lowest BCUT2D eigenvalue weighted by Crippen LogP contribution is -2.57. The van der Waals surface area contributed by atoms with E-state index >= 15 is 0 Å². The summed E-state index contributed by atoms with van der Waals surface area (Å²) < 4.78 is 0. The number of benzene rings is 3. The molecule has 0 unspecified atom stereocenters. The molecule has 0 spiro atoms. The van der Waals surface area contributed by atoms with E-state index in [1.807, 2.05) is 42.5 Å². The van der Waals surface area contributed by atoms with Gasteiger partial charge in [-0.2, -0.15) is 0 Å². The number of hydrogen-bond donors (Lipinski definition) is 6. The first-order valence-corrected chi connectivity index (χ1v) is 13.8. The summed E-state index contributed by atoms with van der Waals surface area (Å²) in [6.07, 6.45) is 0.0740. The number of aliphatic hydroxyl groups excluding tert-OH is 2. The zero-order valence-corrected chi connectivity index (χ0v) is 22.6. The minimum Gasteiger partial charge on any atom is -0.511 e. The maximum absolute atomic E-state index is 13.8. The molecule has 9 nitrogen and oxygen atoms in total. The highest BCUT2D eigenvalue weighted by Gasteiger charge is 2.59. The molecule has 0 bridgehead atoms. The number of aromatic hydroxyl groups is 1. The summed E-state index contributed by atoms with van der Waals surface area (Å²) >= 11 is 0. The fourth-order valence-electron chi connectivity index (χ4n) is 6.64. The van der Waals surface area contributed by atoms with Crippen LogP contribution in [0, 0.1) is 11.8 Å². The van der Waals surface area contributed by atoms with Crippen LogP contribution in [0.25, 0.3) is 11.1 Å². The summed E-state index contributed by atoms with van der Waals surface area (Å²) in [4.78, 5) is 38.7. The number of ketones is 2. The van der Waals surface area contributed by atoms with Crippen LogP contribution >= 0.6 is 0 Å². The third-order valence-electron chi connectivity index (χ3n) is 8.71. The van der Waals surface area contributed by atoms with E-state index in [2.05, 4.69) is 17.4 Å². The van der Waals surface area contributed by atoms with Gasteiger partial charge in [-0.05, 0) is 52.6 Å². The monoisotopic (exact) mass is 566 g/mol. The summed E-state index contributed by atoms with van der Waals surface area (Å²) in [6.45, 7) is 1.40. The van der Waals surface area contributed by atoms with Gasteiger partial charge >= 0.3 is 0 Å². The predicted molar refractivity (Wildman–Crippen MR) is 153 cm³/mol. The van der Waals surface area contributed by atoms with Crippen LogP contribution in [0.4, 0.5) is 0 Å². The van der Waals surface area contributed by atoms with E-state index in [-0.39, 0.29) is 36.1 Å². The van der Waals surface area contributed by atoms with Crippen LogP contribution < -0.4 is 11.1 Å². The number of Topliss-reactive ketones (excluding diaryl/α,β-unsaturated/α-hetero) is 2. The number of hydrogen-bond acceptors (Lipinski definition) is 8.